The fourth-order valence-electron chi connectivity index (χ4n) is 1.60. The molecule has 0 spiro atoms. The molecule has 4 nitrogen and oxygen atoms in total. The summed E-state index contributed by atoms with van der Waals surface area (Å²) in [6.07, 6.45) is 2.65. The molecule has 0 aliphatic heterocycles. The third-order valence-electron chi connectivity index (χ3n) is 2.61. The van der Waals surface area contributed by atoms with Gasteiger partial charge >= 0.3 is 0 Å². The summed E-state index contributed by atoms with van der Waals surface area (Å²) in [5, 5.41) is 6.53. The summed E-state index contributed by atoms with van der Waals surface area (Å²) in [5.41, 5.74) is 1.21. The van der Waals surface area contributed by atoms with Crippen LogP contribution in [0.4, 0.5) is 11.6 Å². The minimum Gasteiger partial charge on any atom is -0.370 e. The van der Waals surface area contributed by atoms with Gasteiger partial charge in [-0.15, -0.1) is 0 Å². The molecule has 19 heavy (non-hydrogen) atoms. The van der Waals surface area contributed by atoms with Gasteiger partial charge in [-0.05, 0) is 24.1 Å². The summed E-state index contributed by atoms with van der Waals surface area (Å²) in [4.78, 5) is 8.38. The Morgan fingerprint density at radius 3 is 2.42 bits per heavy atom. The van der Waals surface area contributed by atoms with Crippen molar-refractivity contribution in [3.8, 4) is 0 Å². The summed E-state index contributed by atoms with van der Waals surface area (Å²) >= 11 is 3.43. The zero-order valence-corrected chi connectivity index (χ0v) is 12.4. The molecule has 0 amide bonds. The van der Waals surface area contributed by atoms with Crippen molar-refractivity contribution in [2.24, 2.45) is 0 Å². The van der Waals surface area contributed by atoms with Crippen LogP contribution in [0.3, 0.4) is 0 Å². The van der Waals surface area contributed by atoms with Crippen molar-refractivity contribution in [2.75, 3.05) is 17.2 Å². The summed E-state index contributed by atoms with van der Waals surface area (Å²) in [7, 11) is 0. The van der Waals surface area contributed by atoms with E-state index in [9.17, 15) is 0 Å². The Morgan fingerprint density at radius 2 is 1.74 bits per heavy atom. The van der Waals surface area contributed by atoms with Crippen molar-refractivity contribution < 1.29 is 0 Å². The van der Waals surface area contributed by atoms with E-state index in [0.717, 1.165) is 35.6 Å². The number of rotatable bonds is 6. The van der Waals surface area contributed by atoms with Gasteiger partial charge in [0.15, 0.2) is 0 Å². The normalized spacial score (nSPS) is 10.2. The number of hydrogen-bond acceptors (Lipinski definition) is 4. The second-order valence-electron chi connectivity index (χ2n) is 4.20. The maximum atomic E-state index is 4.21. The molecule has 0 aliphatic carbocycles. The molecule has 0 saturated heterocycles. The molecule has 0 radical (unpaired) electrons. The number of nitrogens with one attached hydrogen (secondary N) is 2. The van der Waals surface area contributed by atoms with Crippen LogP contribution in [-0.4, -0.2) is 16.5 Å². The summed E-state index contributed by atoms with van der Waals surface area (Å²) < 4.78 is 1.09. The van der Waals surface area contributed by atoms with Gasteiger partial charge in [0, 0.05) is 23.6 Å². The standard InChI is InChI=1S/C14H17BrN4/c1-2-7-16-13-8-14(19-10-18-13)17-9-11-3-5-12(15)6-4-11/h3-6,8,10H,2,7,9H2,1H3,(H2,16,17,18,19). The van der Waals surface area contributed by atoms with Crippen LogP contribution in [0.2, 0.25) is 0 Å². The highest BCUT2D eigenvalue weighted by molar-refractivity contribution is 9.10. The quantitative estimate of drug-likeness (QED) is 0.852. The lowest BCUT2D eigenvalue weighted by atomic mass is 10.2. The first-order valence-corrected chi connectivity index (χ1v) is 7.11. The van der Waals surface area contributed by atoms with Crippen LogP contribution in [-0.2, 0) is 6.54 Å². The number of halogens is 1. The third-order valence-corrected chi connectivity index (χ3v) is 3.14. The Labute approximate surface area is 121 Å². The molecule has 0 atom stereocenters. The van der Waals surface area contributed by atoms with Gasteiger partial charge in [0.2, 0.25) is 0 Å². The van der Waals surface area contributed by atoms with Crippen LogP contribution in [0.15, 0.2) is 41.1 Å². The zero-order valence-electron chi connectivity index (χ0n) is 10.9. The van der Waals surface area contributed by atoms with E-state index in [1.807, 2.05) is 18.2 Å². The molecule has 2 N–H and O–H groups in total. The highest BCUT2D eigenvalue weighted by atomic mass is 79.9. The summed E-state index contributed by atoms with van der Waals surface area (Å²) in [6.45, 7) is 3.79. The molecule has 0 bridgehead atoms. The van der Waals surface area contributed by atoms with E-state index in [1.165, 1.54) is 5.56 Å². The summed E-state index contributed by atoms with van der Waals surface area (Å²) in [5.74, 6) is 1.69. The Hall–Kier alpha value is -1.62. The molecule has 100 valence electrons. The first-order valence-electron chi connectivity index (χ1n) is 6.32. The molecule has 2 rings (SSSR count). The monoisotopic (exact) mass is 320 g/mol. The molecule has 1 heterocycles. The van der Waals surface area contributed by atoms with Crippen molar-refractivity contribution >= 4 is 27.6 Å². The van der Waals surface area contributed by atoms with Gasteiger partial charge in [0.1, 0.15) is 18.0 Å². The largest absolute Gasteiger partial charge is 0.370 e. The molecule has 5 heteroatoms. The van der Waals surface area contributed by atoms with E-state index in [4.69, 9.17) is 0 Å². The number of anilines is 2. The highest BCUT2D eigenvalue weighted by Gasteiger charge is 1.98. The van der Waals surface area contributed by atoms with Gasteiger partial charge in [0.05, 0.1) is 0 Å². The second-order valence-corrected chi connectivity index (χ2v) is 5.11. The zero-order chi connectivity index (χ0) is 13.5. The third kappa shape index (κ3) is 4.52. The molecule has 0 saturated carbocycles. The minimum absolute atomic E-state index is 0.748. The van der Waals surface area contributed by atoms with Crippen molar-refractivity contribution in [3.63, 3.8) is 0 Å². The van der Waals surface area contributed by atoms with Gasteiger partial charge in [0.25, 0.3) is 0 Å². The Morgan fingerprint density at radius 1 is 1.05 bits per heavy atom. The van der Waals surface area contributed by atoms with E-state index in [0.29, 0.717) is 0 Å². The van der Waals surface area contributed by atoms with Crippen molar-refractivity contribution in [1.82, 2.24) is 9.97 Å². The van der Waals surface area contributed by atoms with Crippen molar-refractivity contribution in [3.05, 3.63) is 46.7 Å². The van der Waals surface area contributed by atoms with Crippen molar-refractivity contribution in [1.29, 1.82) is 0 Å². The van der Waals surface area contributed by atoms with Gasteiger partial charge in [-0.25, -0.2) is 9.97 Å². The number of hydrogen-bond donors (Lipinski definition) is 2. The number of nitrogens with zero attached hydrogens (tertiary/aromatic N) is 2. The average molecular weight is 321 g/mol. The lowest BCUT2D eigenvalue weighted by Gasteiger charge is -2.08. The molecule has 0 fully saturated rings. The van der Waals surface area contributed by atoms with E-state index >= 15 is 0 Å². The van der Waals surface area contributed by atoms with Crippen LogP contribution in [0.25, 0.3) is 0 Å². The molecule has 1 aromatic heterocycles. The number of benzene rings is 1. The first kappa shape index (κ1) is 13.8. The van der Waals surface area contributed by atoms with Gasteiger partial charge in [-0.3, -0.25) is 0 Å². The lowest BCUT2D eigenvalue weighted by molar-refractivity contribution is 0.963. The molecular formula is C14H17BrN4. The van der Waals surface area contributed by atoms with Crippen LogP contribution in [0, 0.1) is 0 Å². The highest BCUT2D eigenvalue weighted by Crippen LogP contribution is 2.13. The van der Waals surface area contributed by atoms with E-state index in [1.54, 1.807) is 6.33 Å². The Balaban J connectivity index is 1.93. The van der Waals surface area contributed by atoms with Crippen LogP contribution < -0.4 is 10.6 Å². The van der Waals surface area contributed by atoms with Crippen LogP contribution in [0.1, 0.15) is 18.9 Å². The molecular weight excluding hydrogens is 304 g/mol. The SMILES string of the molecule is CCCNc1cc(NCc2ccc(Br)cc2)ncn1. The van der Waals surface area contributed by atoms with Gasteiger partial charge in [-0.1, -0.05) is 35.0 Å². The fourth-order valence-corrected chi connectivity index (χ4v) is 1.86. The molecule has 0 unspecified atom stereocenters. The van der Waals surface area contributed by atoms with E-state index < -0.39 is 0 Å². The Kier molecular flexibility index (Phi) is 5.15. The predicted octanol–water partition coefficient (Wildman–Crippen LogP) is 3.67. The predicted molar refractivity (Wildman–Crippen MR) is 82.3 cm³/mol. The van der Waals surface area contributed by atoms with Gasteiger partial charge in [-0.2, -0.15) is 0 Å². The average Bonchev–Trinajstić information content (AvgIpc) is 2.45. The van der Waals surface area contributed by atoms with Crippen LogP contribution in [0.5, 0.6) is 0 Å². The van der Waals surface area contributed by atoms with Crippen molar-refractivity contribution in [2.45, 2.75) is 19.9 Å². The van der Waals surface area contributed by atoms with Crippen LogP contribution >= 0.6 is 15.9 Å². The molecule has 2 aromatic rings. The number of aromatic nitrogens is 2. The lowest BCUT2D eigenvalue weighted by Crippen LogP contribution is -2.05. The smallest absolute Gasteiger partial charge is 0.131 e. The molecule has 0 aliphatic rings. The first-order chi connectivity index (χ1) is 9.28. The van der Waals surface area contributed by atoms with E-state index in [-0.39, 0.29) is 0 Å². The second kappa shape index (κ2) is 7.09. The Bertz CT molecular complexity index is 513. The topological polar surface area (TPSA) is 49.8 Å². The van der Waals surface area contributed by atoms with E-state index in [2.05, 4.69) is 55.6 Å². The van der Waals surface area contributed by atoms with Gasteiger partial charge < -0.3 is 10.6 Å². The summed E-state index contributed by atoms with van der Waals surface area (Å²) in [6, 6.07) is 10.1. The maximum absolute atomic E-state index is 4.21. The fraction of sp³-hybridized carbons (Fsp3) is 0.286. The molecule has 1 aromatic carbocycles. The maximum Gasteiger partial charge on any atom is 0.131 e. The minimum atomic E-state index is 0.748.